The summed E-state index contributed by atoms with van der Waals surface area (Å²) < 4.78 is 31.9. The van der Waals surface area contributed by atoms with Crippen LogP contribution in [0.25, 0.3) is 0 Å². The quantitative estimate of drug-likeness (QED) is 0.332. The Morgan fingerprint density at radius 3 is 2.00 bits per heavy atom. The summed E-state index contributed by atoms with van der Waals surface area (Å²) in [6.45, 7) is 7.89. The highest BCUT2D eigenvalue weighted by molar-refractivity contribution is 7.85. The maximum absolute atomic E-state index is 10.5. The fraction of sp³-hybridized carbons (Fsp3) is 0.667. The molecule has 16 heavy (non-hydrogen) atoms. The minimum absolute atomic E-state index is 0.132. The van der Waals surface area contributed by atoms with Crippen molar-refractivity contribution in [1.29, 1.82) is 0 Å². The lowest BCUT2D eigenvalue weighted by atomic mass is 10.4. The standard InChI is InChI=1S/C6H10O3.C3H8O3S/c1-4(2)6(8)9-5(3)7;1-2-3-7(4,5)6/h5,7H,1H2,2-3H3;2-3H2,1H3,(H,4,5,6). The Kier molecular flexibility index (Phi) is 9.02. The first-order chi connectivity index (χ1) is 7.10. The molecule has 0 aromatic carbocycles. The van der Waals surface area contributed by atoms with Crippen molar-refractivity contribution < 1.29 is 27.6 Å². The summed E-state index contributed by atoms with van der Waals surface area (Å²) in [7, 11) is -3.67. The second-order valence-electron chi connectivity index (χ2n) is 3.07. The number of aliphatic hydroxyl groups is 1. The molecule has 0 aliphatic heterocycles. The summed E-state index contributed by atoms with van der Waals surface area (Å²) in [5.74, 6) is -0.697. The predicted octanol–water partition coefficient (Wildman–Crippen LogP) is 0.728. The van der Waals surface area contributed by atoms with Gasteiger partial charge in [-0.25, -0.2) is 4.79 Å². The first-order valence-corrected chi connectivity index (χ1v) is 6.20. The Balaban J connectivity index is 0. The lowest BCUT2D eigenvalue weighted by Crippen LogP contribution is -2.13. The molecule has 96 valence electrons. The minimum Gasteiger partial charge on any atom is -0.433 e. The molecule has 0 saturated carbocycles. The van der Waals surface area contributed by atoms with Crippen LogP contribution in [0.3, 0.4) is 0 Å². The molecule has 0 heterocycles. The molecule has 0 bridgehead atoms. The molecule has 7 heteroatoms. The van der Waals surface area contributed by atoms with E-state index in [9.17, 15) is 13.2 Å². The highest BCUT2D eigenvalue weighted by atomic mass is 32.2. The first-order valence-electron chi connectivity index (χ1n) is 4.59. The number of rotatable bonds is 4. The third-order valence-electron chi connectivity index (χ3n) is 1.09. The Morgan fingerprint density at radius 2 is 1.94 bits per heavy atom. The van der Waals surface area contributed by atoms with Crippen LogP contribution in [-0.2, 0) is 19.6 Å². The van der Waals surface area contributed by atoms with Crippen molar-refractivity contribution in [3.8, 4) is 0 Å². The van der Waals surface area contributed by atoms with Crippen molar-refractivity contribution in [3.05, 3.63) is 12.2 Å². The molecule has 6 nitrogen and oxygen atoms in total. The van der Waals surface area contributed by atoms with Gasteiger partial charge in [0.15, 0.2) is 6.29 Å². The fourth-order valence-corrected chi connectivity index (χ4v) is 1.03. The van der Waals surface area contributed by atoms with Gasteiger partial charge in [-0.1, -0.05) is 13.5 Å². The fourth-order valence-electron chi connectivity index (χ4n) is 0.513. The first kappa shape index (κ1) is 17.5. The number of hydrogen-bond acceptors (Lipinski definition) is 5. The third-order valence-corrected chi connectivity index (χ3v) is 2.01. The van der Waals surface area contributed by atoms with Crippen LogP contribution < -0.4 is 0 Å². The van der Waals surface area contributed by atoms with E-state index >= 15 is 0 Å². The van der Waals surface area contributed by atoms with Gasteiger partial charge in [0, 0.05) is 5.57 Å². The lowest BCUT2D eigenvalue weighted by Gasteiger charge is -2.04. The van der Waals surface area contributed by atoms with Crippen molar-refractivity contribution in [2.75, 3.05) is 5.75 Å². The molecule has 0 aliphatic rings. The summed E-state index contributed by atoms with van der Waals surface area (Å²) in [6, 6.07) is 0. The zero-order valence-electron chi connectivity index (χ0n) is 9.63. The summed E-state index contributed by atoms with van der Waals surface area (Å²) >= 11 is 0. The second-order valence-corrected chi connectivity index (χ2v) is 4.64. The van der Waals surface area contributed by atoms with E-state index in [1.165, 1.54) is 13.8 Å². The highest BCUT2D eigenvalue weighted by Crippen LogP contribution is 1.94. The maximum Gasteiger partial charge on any atom is 0.335 e. The van der Waals surface area contributed by atoms with Crippen LogP contribution in [0.5, 0.6) is 0 Å². The topological polar surface area (TPSA) is 101 Å². The van der Waals surface area contributed by atoms with E-state index in [2.05, 4.69) is 11.3 Å². The number of aliphatic hydroxyl groups excluding tert-OH is 1. The summed E-state index contributed by atoms with van der Waals surface area (Å²) in [5.41, 5.74) is 0.288. The maximum atomic E-state index is 10.5. The van der Waals surface area contributed by atoms with E-state index in [0.29, 0.717) is 6.42 Å². The zero-order valence-corrected chi connectivity index (χ0v) is 10.5. The SMILES string of the molecule is C=C(C)C(=O)OC(C)O.CCCS(=O)(=O)O. The van der Waals surface area contributed by atoms with E-state index in [0.717, 1.165) is 0 Å². The molecule has 1 atom stereocenters. The molecule has 2 N–H and O–H groups in total. The second kappa shape index (κ2) is 8.26. The molecule has 0 fully saturated rings. The largest absolute Gasteiger partial charge is 0.433 e. The van der Waals surface area contributed by atoms with Gasteiger partial charge in [0.1, 0.15) is 0 Å². The van der Waals surface area contributed by atoms with Gasteiger partial charge in [-0.15, -0.1) is 0 Å². The smallest absolute Gasteiger partial charge is 0.335 e. The Labute approximate surface area is 95.7 Å². The molecule has 0 aliphatic carbocycles. The third kappa shape index (κ3) is 15.5. The van der Waals surface area contributed by atoms with E-state index < -0.39 is 22.4 Å². The van der Waals surface area contributed by atoms with Crippen molar-refractivity contribution in [3.63, 3.8) is 0 Å². The number of hydrogen-bond donors (Lipinski definition) is 2. The van der Waals surface area contributed by atoms with Gasteiger partial charge < -0.3 is 9.84 Å². The predicted molar refractivity (Wildman–Crippen MR) is 59.3 cm³/mol. The van der Waals surface area contributed by atoms with Gasteiger partial charge in [-0.05, 0) is 20.3 Å². The lowest BCUT2D eigenvalue weighted by molar-refractivity contribution is -0.159. The van der Waals surface area contributed by atoms with Crippen LogP contribution in [0.2, 0.25) is 0 Å². The molecule has 0 rings (SSSR count). The van der Waals surface area contributed by atoms with Gasteiger partial charge in [-0.3, -0.25) is 4.55 Å². The summed E-state index contributed by atoms with van der Waals surface area (Å²) in [4.78, 5) is 10.5. The van der Waals surface area contributed by atoms with Crippen molar-refractivity contribution in [2.24, 2.45) is 0 Å². The Morgan fingerprint density at radius 1 is 1.50 bits per heavy atom. The Bertz CT molecular complexity index is 317. The molecule has 0 spiro atoms. The molecule has 0 aromatic heterocycles. The van der Waals surface area contributed by atoms with Crippen molar-refractivity contribution in [1.82, 2.24) is 0 Å². The van der Waals surface area contributed by atoms with Crippen LogP contribution in [0, 0.1) is 0 Å². The van der Waals surface area contributed by atoms with Crippen molar-refractivity contribution in [2.45, 2.75) is 33.5 Å². The van der Waals surface area contributed by atoms with Crippen LogP contribution in [0.4, 0.5) is 0 Å². The average Bonchev–Trinajstić information content (AvgIpc) is 2.01. The molecule has 0 saturated heterocycles. The van der Waals surface area contributed by atoms with Gasteiger partial charge in [0.25, 0.3) is 10.1 Å². The van der Waals surface area contributed by atoms with E-state index in [4.69, 9.17) is 9.66 Å². The van der Waals surface area contributed by atoms with Crippen LogP contribution in [0.15, 0.2) is 12.2 Å². The van der Waals surface area contributed by atoms with Crippen LogP contribution in [-0.4, -0.2) is 36.1 Å². The van der Waals surface area contributed by atoms with E-state index in [1.807, 2.05) is 0 Å². The number of carbonyl (C=O) groups is 1. The summed E-state index contributed by atoms with van der Waals surface area (Å²) in [6.07, 6.45) is -0.576. The molecular formula is C9H18O6S. The average molecular weight is 254 g/mol. The molecule has 0 aromatic rings. The zero-order chi connectivity index (χ0) is 13.4. The summed E-state index contributed by atoms with van der Waals surface area (Å²) in [5, 5.41) is 8.49. The van der Waals surface area contributed by atoms with Gasteiger partial charge in [0.05, 0.1) is 5.75 Å². The van der Waals surface area contributed by atoms with Gasteiger partial charge in [0.2, 0.25) is 0 Å². The normalized spacial score (nSPS) is 12.1. The monoisotopic (exact) mass is 254 g/mol. The molecule has 1 unspecified atom stereocenters. The number of ether oxygens (including phenoxy) is 1. The Hall–Kier alpha value is -0.920. The molecule has 0 radical (unpaired) electrons. The van der Waals surface area contributed by atoms with Crippen LogP contribution in [0.1, 0.15) is 27.2 Å². The number of carbonyl (C=O) groups excluding carboxylic acids is 1. The van der Waals surface area contributed by atoms with Crippen molar-refractivity contribution >= 4 is 16.1 Å². The van der Waals surface area contributed by atoms with E-state index in [1.54, 1.807) is 6.92 Å². The highest BCUT2D eigenvalue weighted by Gasteiger charge is 2.04. The van der Waals surface area contributed by atoms with Gasteiger partial charge in [-0.2, -0.15) is 8.42 Å². The number of esters is 1. The van der Waals surface area contributed by atoms with Gasteiger partial charge >= 0.3 is 5.97 Å². The molecule has 0 amide bonds. The minimum atomic E-state index is -3.67. The molecular weight excluding hydrogens is 236 g/mol. The van der Waals surface area contributed by atoms with Crippen LogP contribution >= 0.6 is 0 Å². The van der Waals surface area contributed by atoms with E-state index in [-0.39, 0.29) is 11.3 Å².